The monoisotopic (exact) mass is 287 g/mol. The Kier molecular flexibility index (Phi) is 3.51. The van der Waals surface area contributed by atoms with Gasteiger partial charge in [0.05, 0.1) is 6.20 Å². The van der Waals surface area contributed by atoms with E-state index in [0.717, 1.165) is 5.56 Å². The summed E-state index contributed by atoms with van der Waals surface area (Å²) in [5, 5.41) is 4.09. The average molecular weight is 287 g/mol. The highest BCUT2D eigenvalue weighted by Crippen LogP contribution is 2.31. The second kappa shape index (κ2) is 5.47. The van der Waals surface area contributed by atoms with Gasteiger partial charge in [0.25, 0.3) is 5.91 Å². The molecule has 3 rings (SSSR count). The van der Waals surface area contributed by atoms with Crippen LogP contribution in [0.15, 0.2) is 36.7 Å². The van der Waals surface area contributed by atoms with Crippen LogP contribution in [-0.2, 0) is 18.4 Å². The summed E-state index contributed by atoms with van der Waals surface area (Å²) in [7, 11) is 3.60. The lowest BCUT2D eigenvalue weighted by Gasteiger charge is -2.28. The Morgan fingerprint density at radius 3 is 2.90 bits per heavy atom. The van der Waals surface area contributed by atoms with Crippen LogP contribution >= 0.6 is 0 Å². The SMILES string of the molecule is CN(Cc1cnn(C)c1)C(=O)[C@H]1COc2ccccc2O1. The minimum atomic E-state index is -0.610. The molecule has 21 heavy (non-hydrogen) atoms. The predicted octanol–water partition coefficient (Wildman–Crippen LogP) is 1.22. The van der Waals surface area contributed by atoms with Crippen molar-refractivity contribution < 1.29 is 14.3 Å². The highest BCUT2D eigenvalue weighted by Gasteiger charge is 2.29. The first-order valence-corrected chi connectivity index (χ1v) is 6.74. The zero-order valence-corrected chi connectivity index (χ0v) is 12.0. The maximum Gasteiger partial charge on any atom is 0.267 e. The molecule has 0 saturated heterocycles. The van der Waals surface area contributed by atoms with E-state index >= 15 is 0 Å². The Hall–Kier alpha value is -2.50. The zero-order chi connectivity index (χ0) is 14.8. The van der Waals surface area contributed by atoms with Crippen LogP contribution < -0.4 is 9.47 Å². The summed E-state index contributed by atoms with van der Waals surface area (Å²) in [5.74, 6) is 1.18. The van der Waals surface area contributed by atoms with E-state index in [1.807, 2.05) is 31.4 Å². The number of hydrogen-bond acceptors (Lipinski definition) is 4. The fraction of sp³-hybridized carbons (Fsp3) is 0.333. The summed E-state index contributed by atoms with van der Waals surface area (Å²) in [6, 6.07) is 7.36. The number of hydrogen-bond donors (Lipinski definition) is 0. The first kappa shape index (κ1) is 13.5. The van der Waals surface area contributed by atoms with E-state index in [-0.39, 0.29) is 12.5 Å². The van der Waals surface area contributed by atoms with Crippen molar-refractivity contribution >= 4 is 5.91 Å². The van der Waals surface area contributed by atoms with Crippen LogP contribution in [0.3, 0.4) is 0 Å². The number of aromatic nitrogens is 2. The van der Waals surface area contributed by atoms with E-state index in [0.29, 0.717) is 18.0 Å². The number of amides is 1. The third-order valence-electron chi connectivity index (χ3n) is 3.34. The number of nitrogens with zero attached hydrogens (tertiary/aromatic N) is 3. The summed E-state index contributed by atoms with van der Waals surface area (Å²) in [6.07, 6.45) is 3.02. The van der Waals surface area contributed by atoms with Crippen LogP contribution in [0.1, 0.15) is 5.56 Å². The molecule has 0 unspecified atom stereocenters. The lowest BCUT2D eigenvalue weighted by Crippen LogP contribution is -2.44. The number of carbonyl (C=O) groups is 1. The molecule has 1 aliphatic rings. The molecule has 0 bridgehead atoms. The standard InChI is InChI=1S/C15H17N3O3/c1-17(8-11-7-16-18(2)9-11)15(19)14-10-20-12-5-3-4-6-13(12)21-14/h3-7,9,14H,8,10H2,1-2H3/t14-/m1/s1. The van der Waals surface area contributed by atoms with Crippen molar-refractivity contribution in [2.75, 3.05) is 13.7 Å². The molecule has 1 amide bonds. The average Bonchev–Trinajstić information content (AvgIpc) is 2.91. The maximum absolute atomic E-state index is 12.4. The Bertz CT molecular complexity index is 653. The second-order valence-corrected chi connectivity index (χ2v) is 5.08. The van der Waals surface area contributed by atoms with E-state index < -0.39 is 6.10 Å². The van der Waals surface area contributed by atoms with Crippen LogP contribution in [0, 0.1) is 0 Å². The molecule has 1 aromatic heterocycles. The first-order chi connectivity index (χ1) is 10.1. The van der Waals surface area contributed by atoms with Gasteiger partial charge in [-0.2, -0.15) is 5.10 Å². The molecule has 0 spiro atoms. The minimum absolute atomic E-state index is 0.103. The van der Waals surface area contributed by atoms with Gasteiger partial charge in [-0.05, 0) is 12.1 Å². The van der Waals surface area contributed by atoms with E-state index in [9.17, 15) is 4.79 Å². The fourth-order valence-electron chi connectivity index (χ4n) is 2.29. The highest BCUT2D eigenvalue weighted by molar-refractivity contribution is 5.81. The van der Waals surface area contributed by atoms with Crippen LogP contribution in [0.2, 0.25) is 0 Å². The molecule has 1 atom stereocenters. The van der Waals surface area contributed by atoms with Crippen molar-refractivity contribution in [1.29, 1.82) is 0 Å². The van der Waals surface area contributed by atoms with Gasteiger partial charge in [0.2, 0.25) is 6.10 Å². The zero-order valence-electron chi connectivity index (χ0n) is 12.0. The number of likely N-dealkylation sites (N-methyl/N-ethyl adjacent to an activating group) is 1. The number of benzene rings is 1. The van der Waals surface area contributed by atoms with Gasteiger partial charge < -0.3 is 14.4 Å². The van der Waals surface area contributed by atoms with Gasteiger partial charge in [-0.1, -0.05) is 12.1 Å². The summed E-state index contributed by atoms with van der Waals surface area (Å²) < 4.78 is 13.0. The van der Waals surface area contributed by atoms with Gasteiger partial charge >= 0.3 is 0 Å². The molecule has 0 saturated carbocycles. The third-order valence-corrected chi connectivity index (χ3v) is 3.34. The van der Waals surface area contributed by atoms with Crippen molar-refractivity contribution in [3.63, 3.8) is 0 Å². The Morgan fingerprint density at radius 1 is 1.43 bits per heavy atom. The summed E-state index contributed by atoms with van der Waals surface area (Å²) in [5.41, 5.74) is 0.977. The van der Waals surface area contributed by atoms with E-state index in [4.69, 9.17) is 9.47 Å². The second-order valence-electron chi connectivity index (χ2n) is 5.08. The number of ether oxygens (including phenoxy) is 2. The first-order valence-electron chi connectivity index (χ1n) is 6.74. The molecule has 110 valence electrons. The Morgan fingerprint density at radius 2 is 2.19 bits per heavy atom. The molecule has 0 aliphatic carbocycles. The molecular weight excluding hydrogens is 270 g/mol. The largest absolute Gasteiger partial charge is 0.485 e. The topological polar surface area (TPSA) is 56.6 Å². The molecule has 1 aromatic carbocycles. The molecule has 0 radical (unpaired) electrons. The molecule has 6 heteroatoms. The normalized spacial score (nSPS) is 16.6. The van der Waals surface area contributed by atoms with Crippen LogP contribution in [0.4, 0.5) is 0 Å². The molecule has 1 aliphatic heterocycles. The van der Waals surface area contributed by atoms with E-state index in [1.165, 1.54) is 0 Å². The fourth-order valence-corrected chi connectivity index (χ4v) is 2.29. The van der Waals surface area contributed by atoms with Gasteiger partial charge in [-0.25, -0.2) is 0 Å². The Balaban J connectivity index is 1.66. The van der Waals surface area contributed by atoms with E-state index in [2.05, 4.69) is 5.10 Å². The number of fused-ring (bicyclic) bond motifs is 1. The molecule has 2 heterocycles. The quantitative estimate of drug-likeness (QED) is 0.851. The Labute approximate surface area is 122 Å². The van der Waals surface area contributed by atoms with Crippen molar-refractivity contribution in [2.24, 2.45) is 7.05 Å². The number of para-hydroxylation sites is 2. The summed E-state index contributed by atoms with van der Waals surface area (Å²) in [4.78, 5) is 14.0. The minimum Gasteiger partial charge on any atom is -0.485 e. The number of aryl methyl sites for hydroxylation is 1. The lowest BCUT2D eigenvalue weighted by atomic mass is 10.2. The highest BCUT2D eigenvalue weighted by atomic mass is 16.6. The maximum atomic E-state index is 12.4. The van der Waals surface area contributed by atoms with E-state index in [1.54, 1.807) is 28.9 Å². The molecule has 2 aromatic rings. The predicted molar refractivity (Wildman–Crippen MR) is 76.0 cm³/mol. The molecular formula is C15H17N3O3. The van der Waals surface area contributed by atoms with Gasteiger partial charge in [0.1, 0.15) is 6.61 Å². The van der Waals surface area contributed by atoms with Gasteiger partial charge in [0.15, 0.2) is 11.5 Å². The van der Waals surface area contributed by atoms with Crippen molar-refractivity contribution in [1.82, 2.24) is 14.7 Å². The summed E-state index contributed by atoms with van der Waals surface area (Å²) >= 11 is 0. The lowest BCUT2D eigenvalue weighted by molar-refractivity contribution is -0.140. The number of rotatable bonds is 3. The summed E-state index contributed by atoms with van der Waals surface area (Å²) in [6.45, 7) is 0.724. The third kappa shape index (κ3) is 2.84. The van der Waals surface area contributed by atoms with Crippen LogP contribution in [-0.4, -0.2) is 40.3 Å². The van der Waals surface area contributed by atoms with Gasteiger partial charge in [0, 0.05) is 32.4 Å². The van der Waals surface area contributed by atoms with Gasteiger partial charge in [-0.3, -0.25) is 9.48 Å². The number of carbonyl (C=O) groups excluding carboxylic acids is 1. The van der Waals surface area contributed by atoms with Crippen molar-refractivity contribution in [2.45, 2.75) is 12.6 Å². The van der Waals surface area contributed by atoms with Crippen LogP contribution in [0.5, 0.6) is 11.5 Å². The smallest absolute Gasteiger partial charge is 0.267 e. The van der Waals surface area contributed by atoms with Gasteiger partial charge in [-0.15, -0.1) is 0 Å². The van der Waals surface area contributed by atoms with Crippen molar-refractivity contribution in [3.05, 3.63) is 42.2 Å². The molecule has 0 fully saturated rings. The molecule has 6 nitrogen and oxygen atoms in total. The van der Waals surface area contributed by atoms with Crippen LogP contribution in [0.25, 0.3) is 0 Å². The molecule has 0 N–H and O–H groups in total. The van der Waals surface area contributed by atoms with Crippen molar-refractivity contribution in [3.8, 4) is 11.5 Å².